The molecule has 2 aliphatic heterocycles. The van der Waals surface area contributed by atoms with Crippen LogP contribution in [0, 0.1) is 29.6 Å². The maximum Gasteiger partial charge on any atom is 0.246 e. The highest BCUT2D eigenvalue weighted by molar-refractivity contribution is 5.97. The molecule has 0 spiro atoms. The number of carbonyl (C=O) groups is 8. The van der Waals surface area contributed by atoms with Gasteiger partial charge in [-0.05, 0) is 61.3 Å². The smallest absolute Gasteiger partial charge is 0.246 e. The van der Waals surface area contributed by atoms with Crippen molar-refractivity contribution in [2.24, 2.45) is 35.3 Å². The molecule has 1 unspecified atom stereocenters. The van der Waals surface area contributed by atoms with Crippen LogP contribution in [0.4, 0.5) is 0 Å². The average molecular weight is 1110 g/mol. The minimum Gasteiger partial charge on any atom is -0.392 e. The normalized spacial score (nSPS) is 30.0. The number of carbonyl (C=O) groups excluding carboxylic acids is 8. The summed E-state index contributed by atoms with van der Waals surface area (Å²) in [5, 5.41) is 64.4. The second kappa shape index (κ2) is 31.3. The molecule has 0 saturated carbocycles. The van der Waals surface area contributed by atoms with Gasteiger partial charge < -0.3 is 68.3 Å². The van der Waals surface area contributed by atoms with Crippen LogP contribution >= 0.6 is 0 Å². The third-order valence-corrected chi connectivity index (χ3v) is 15.4. The topological polar surface area (TPSA) is 331 Å². The van der Waals surface area contributed by atoms with Crippen molar-refractivity contribution in [2.75, 3.05) is 26.2 Å². The lowest BCUT2D eigenvalue weighted by atomic mass is 9.87. The van der Waals surface area contributed by atoms with Crippen LogP contribution in [-0.2, 0) is 57.6 Å². The van der Waals surface area contributed by atoms with E-state index < -0.39 is 145 Å². The third kappa shape index (κ3) is 18.7. The molecule has 0 radical (unpaired) electrons. The maximum absolute atomic E-state index is 15.0. The molecule has 2 saturated heterocycles. The van der Waals surface area contributed by atoms with Crippen molar-refractivity contribution in [2.45, 2.75) is 154 Å². The number of rotatable bonds is 11. The molecular weight excluding hydrogens is 1030 g/mol. The van der Waals surface area contributed by atoms with Crippen molar-refractivity contribution in [1.29, 1.82) is 0 Å². The van der Waals surface area contributed by atoms with Crippen molar-refractivity contribution < 1.29 is 58.8 Å². The summed E-state index contributed by atoms with van der Waals surface area (Å²) in [6, 6.07) is 19.5. The van der Waals surface area contributed by atoms with Crippen LogP contribution in [0.15, 0.2) is 91.0 Å². The van der Waals surface area contributed by atoms with Crippen molar-refractivity contribution in [3.63, 3.8) is 0 Å². The van der Waals surface area contributed by atoms with Gasteiger partial charge in [-0.25, -0.2) is 0 Å². The minimum atomic E-state index is -1.49. The Morgan fingerprint density at radius 1 is 0.512 bits per heavy atom. The number of amides is 8. The van der Waals surface area contributed by atoms with Gasteiger partial charge in [0.05, 0.1) is 36.3 Å². The van der Waals surface area contributed by atoms with E-state index >= 15 is 0 Å². The van der Waals surface area contributed by atoms with Crippen LogP contribution in [0.3, 0.4) is 0 Å². The third-order valence-electron chi connectivity index (χ3n) is 15.4. The lowest BCUT2D eigenvalue weighted by Crippen LogP contribution is -2.60. The number of aliphatic hydroxyl groups excluding tert-OH is 4. The fourth-order valence-electron chi connectivity index (χ4n) is 10.1. The molecular formula is C59H85N9O12. The van der Waals surface area contributed by atoms with Gasteiger partial charge in [0.25, 0.3) is 0 Å². The Morgan fingerprint density at radius 3 is 1.41 bits per heavy atom. The molecule has 3 aromatic carbocycles. The number of nitrogens with two attached hydrogens (primary N) is 1. The van der Waals surface area contributed by atoms with E-state index in [1.807, 2.05) is 13.8 Å². The summed E-state index contributed by atoms with van der Waals surface area (Å²) in [5.74, 6) is -9.99. The van der Waals surface area contributed by atoms with Crippen molar-refractivity contribution >= 4 is 47.3 Å². The Bertz CT molecular complexity index is 2510. The molecule has 2 fully saturated rings. The van der Waals surface area contributed by atoms with Gasteiger partial charge in [-0.3, -0.25) is 38.4 Å². The van der Waals surface area contributed by atoms with Crippen molar-refractivity contribution in [3.8, 4) is 0 Å². The average Bonchev–Trinajstić information content (AvgIpc) is 3.95. The fraction of sp³-hybridized carbons (Fsp3) is 0.559. The first-order valence-electron chi connectivity index (χ1n) is 28.0. The number of benzene rings is 3. The van der Waals surface area contributed by atoms with Crippen LogP contribution in [0.1, 0.15) is 90.3 Å². The van der Waals surface area contributed by atoms with Gasteiger partial charge in [0.2, 0.25) is 47.3 Å². The second-order valence-electron chi connectivity index (χ2n) is 22.0. The minimum absolute atomic E-state index is 0.000495. The van der Waals surface area contributed by atoms with E-state index in [0.717, 1.165) is 0 Å². The van der Waals surface area contributed by atoms with Crippen molar-refractivity contribution in [3.05, 3.63) is 108 Å². The van der Waals surface area contributed by atoms with Gasteiger partial charge in [-0.15, -0.1) is 0 Å². The van der Waals surface area contributed by atoms with E-state index in [9.17, 15) is 58.8 Å². The molecule has 8 amide bonds. The first-order valence-corrected chi connectivity index (χ1v) is 28.0. The van der Waals surface area contributed by atoms with Crippen molar-refractivity contribution in [1.82, 2.24) is 42.1 Å². The quantitative estimate of drug-likeness (QED) is 0.122. The lowest BCUT2D eigenvalue weighted by Gasteiger charge is -2.32. The van der Waals surface area contributed by atoms with Crippen LogP contribution in [0.25, 0.3) is 0 Å². The van der Waals surface area contributed by atoms with Gasteiger partial charge in [0.15, 0.2) is 0 Å². The number of fused-ring (bicyclic) bond motifs is 1. The number of nitrogens with one attached hydrogen (secondary N) is 7. The van der Waals surface area contributed by atoms with Gasteiger partial charge in [0.1, 0.15) is 36.3 Å². The van der Waals surface area contributed by atoms with E-state index in [1.165, 1.54) is 32.6 Å². The standard InChI is InChI=1S/C59H85N9O12/c1-34(2)28-43-56(77)67-46(31-41-22-14-9-15-23-41)59(80)68-27-17-25-47(68)58(79)66-45(30-40-20-12-8-13-21-40)57(78)65-44(29-39-18-10-7-11-19-39)54(75)62-33-49(70)35(3)50(71)37(5)52(73)61-32-48(69)36(4)51(72)38(6)53(74)63-42(24-16-26-60)55(76)64-43/h7-15,18-23,34-38,42-51,69-72H,16-17,24-33,60H2,1-6H3,(H,61,73)(H,62,75)(H,63,74)(H,64,76)(H,65,78)(H,66,79)(H,67,77)/t35-,36-,37-,38-,42-,43-,44+,45-,46+,47?,48+,49+,50+,51-/m0/s1. The summed E-state index contributed by atoms with van der Waals surface area (Å²) < 4.78 is 0. The van der Waals surface area contributed by atoms with Crippen LogP contribution in [-0.4, -0.2) is 159 Å². The molecule has 0 aromatic heterocycles. The Hall–Kier alpha value is -6.78. The predicted molar refractivity (Wildman–Crippen MR) is 299 cm³/mol. The summed E-state index contributed by atoms with van der Waals surface area (Å²) in [4.78, 5) is 116. The zero-order valence-electron chi connectivity index (χ0n) is 46.9. The van der Waals surface area contributed by atoms with E-state index in [2.05, 4.69) is 37.2 Å². The SMILES string of the molecule is CC(C)C[C@@H]1NC(=O)[C@H](CCCN)NC(=O)[C@@H](C)[C@@H](O)[C@@H](C)[C@H](O)CNC(=O)[C@@H](C)[C@H](O)[C@@H](C)[C@H](O)CNC(=O)[C@@H](Cc2ccccc2)NC(=O)[C@H](Cc2ccccc2)NC(=O)C2CCCN2C(=O)[C@@H](Cc2ccccc2)NC1=O. The Balaban J connectivity index is 1.52. The zero-order valence-corrected chi connectivity index (χ0v) is 46.9. The van der Waals surface area contributed by atoms with Gasteiger partial charge in [-0.2, -0.15) is 0 Å². The molecule has 0 aliphatic carbocycles. The highest BCUT2D eigenvalue weighted by atomic mass is 16.3. The molecule has 0 bridgehead atoms. The summed E-state index contributed by atoms with van der Waals surface area (Å²) in [6.45, 7) is 9.00. The molecule has 438 valence electrons. The number of aliphatic hydroxyl groups is 4. The zero-order chi connectivity index (χ0) is 58.6. The largest absolute Gasteiger partial charge is 0.392 e. The fourth-order valence-corrected chi connectivity index (χ4v) is 10.1. The molecule has 21 nitrogen and oxygen atoms in total. The second-order valence-corrected chi connectivity index (χ2v) is 22.0. The van der Waals surface area contributed by atoms with Crippen LogP contribution in [0.5, 0.6) is 0 Å². The van der Waals surface area contributed by atoms with Gasteiger partial charge in [0, 0.05) is 50.7 Å². The molecule has 3 aromatic rings. The summed E-state index contributed by atoms with van der Waals surface area (Å²) in [6.07, 6.45) is -4.64. The number of β-amino-alcohol motifs (C(OH)–C–C–N with tert-alkyl or cyclic N) is 2. The van der Waals surface area contributed by atoms with E-state index in [0.29, 0.717) is 23.1 Å². The molecule has 80 heavy (non-hydrogen) atoms. The Labute approximate surface area is 469 Å². The highest BCUT2D eigenvalue weighted by Crippen LogP contribution is 2.23. The van der Waals surface area contributed by atoms with Gasteiger partial charge >= 0.3 is 0 Å². The van der Waals surface area contributed by atoms with Crippen LogP contribution in [0.2, 0.25) is 0 Å². The first kappa shape index (κ1) is 64.0. The molecule has 5 rings (SSSR count). The van der Waals surface area contributed by atoms with E-state index in [1.54, 1.807) is 91.0 Å². The summed E-state index contributed by atoms with van der Waals surface area (Å²) in [5.41, 5.74) is 7.89. The number of nitrogens with zero attached hydrogens (tertiary/aromatic N) is 1. The molecule has 2 aliphatic rings. The Morgan fingerprint density at radius 2 is 0.912 bits per heavy atom. The lowest BCUT2D eigenvalue weighted by molar-refractivity contribution is -0.142. The predicted octanol–water partition coefficient (Wildman–Crippen LogP) is 0.149. The number of hydrogen-bond donors (Lipinski definition) is 12. The summed E-state index contributed by atoms with van der Waals surface area (Å²) >= 11 is 0. The highest BCUT2D eigenvalue weighted by Gasteiger charge is 2.41. The van der Waals surface area contributed by atoms with E-state index in [-0.39, 0.29) is 64.0 Å². The molecule has 14 atom stereocenters. The molecule has 2 heterocycles. The van der Waals surface area contributed by atoms with E-state index in [4.69, 9.17) is 5.73 Å². The maximum atomic E-state index is 15.0. The van der Waals surface area contributed by atoms with Crippen LogP contribution < -0.4 is 43.0 Å². The Kier molecular flexibility index (Phi) is 25.0. The number of hydrogen-bond acceptors (Lipinski definition) is 13. The summed E-state index contributed by atoms with van der Waals surface area (Å²) in [7, 11) is 0. The van der Waals surface area contributed by atoms with Gasteiger partial charge in [-0.1, -0.05) is 133 Å². The first-order chi connectivity index (χ1) is 38.1. The molecule has 21 heteroatoms. The molecule has 13 N–H and O–H groups in total. The monoisotopic (exact) mass is 1110 g/mol.